The predicted octanol–water partition coefficient (Wildman–Crippen LogP) is 4.08. The molecule has 22 heavy (non-hydrogen) atoms. The van der Waals surface area contributed by atoms with Gasteiger partial charge in [-0.3, -0.25) is 0 Å². The smallest absolute Gasteiger partial charge is 0.124 e. The minimum atomic E-state index is -0.317. The minimum absolute atomic E-state index is 0.317. The van der Waals surface area contributed by atoms with E-state index in [-0.39, 0.29) is 5.82 Å². The minimum Gasteiger partial charge on any atom is -0.398 e. The molecule has 0 saturated heterocycles. The molecule has 1 aromatic heterocycles. The summed E-state index contributed by atoms with van der Waals surface area (Å²) in [6.07, 6.45) is 0. The van der Waals surface area contributed by atoms with Gasteiger partial charge in [0.05, 0.1) is 22.8 Å². The van der Waals surface area contributed by atoms with Gasteiger partial charge in [-0.25, -0.2) is 4.39 Å². The fourth-order valence-corrected chi connectivity index (χ4v) is 2.66. The zero-order valence-corrected chi connectivity index (χ0v) is 12.1. The molecule has 2 aromatic carbocycles. The average molecular weight is 291 g/mol. The summed E-state index contributed by atoms with van der Waals surface area (Å²) in [6, 6.07) is 12.1. The molecular formula is C18H14FN3. The van der Waals surface area contributed by atoms with Crippen molar-refractivity contribution < 1.29 is 4.39 Å². The number of nitrogens with one attached hydrogen (secondary N) is 1. The Labute approximate surface area is 127 Å². The largest absolute Gasteiger partial charge is 0.398 e. The molecule has 0 atom stereocenters. The first kappa shape index (κ1) is 13.9. The maximum atomic E-state index is 14.0. The summed E-state index contributed by atoms with van der Waals surface area (Å²) in [5.41, 5.74) is 10.7. The third-order valence-corrected chi connectivity index (χ3v) is 3.78. The monoisotopic (exact) mass is 291 g/mol. The number of aryl methyl sites for hydroxylation is 1. The molecule has 0 unspecified atom stereocenters. The summed E-state index contributed by atoms with van der Waals surface area (Å²) >= 11 is 0. The van der Waals surface area contributed by atoms with Gasteiger partial charge in [-0.2, -0.15) is 5.26 Å². The Balaban J connectivity index is 2.31. The molecule has 0 aliphatic rings. The molecule has 4 heteroatoms. The van der Waals surface area contributed by atoms with Crippen LogP contribution in [-0.2, 0) is 0 Å². The fourth-order valence-electron chi connectivity index (χ4n) is 2.66. The van der Waals surface area contributed by atoms with Crippen LogP contribution in [0.4, 0.5) is 4.39 Å². The quantitative estimate of drug-likeness (QED) is 0.747. The highest BCUT2D eigenvalue weighted by Crippen LogP contribution is 2.33. The van der Waals surface area contributed by atoms with Gasteiger partial charge in [-0.15, -0.1) is 0 Å². The molecule has 0 fully saturated rings. The fraction of sp³-hybridized carbons (Fsp3) is 0.0556. The maximum absolute atomic E-state index is 14.0. The number of benzene rings is 2. The Bertz CT molecular complexity index is 928. The van der Waals surface area contributed by atoms with Crippen LogP contribution in [-0.4, -0.2) is 4.98 Å². The van der Waals surface area contributed by atoms with E-state index in [4.69, 9.17) is 11.0 Å². The molecule has 0 bridgehead atoms. The van der Waals surface area contributed by atoms with Crippen molar-refractivity contribution in [1.82, 2.24) is 4.98 Å². The molecule has 1 heterocycles. The van der Waals surface area contributed by atoms with Crippen LogP contribution in [0.1, 0.15) is 16.8 Å². The molecule has 0 spiro atoms. The number of halogens is 1. The lowest BCUT2D eigenvalue weighted by atomic mass is 10.0. The average Bonchev–Trinajstić information content (AvgIpc) is 2.84. The number of nitrogens with zero attached hydrogens (tertiary/aromatic N) is 1. The summed E-state index contributed by atoms with van der Waals surface area (Å²) in [6.45, 7) is 5.63. The highest BCUT2D eigenvalue weighted by molar-refractivity contribution is 5.98. The van der Waals surface area contributed by atoms with Crippen molar-refractivity contribution in [1.29, 1.82) is 5.26 Å². The van der Waals surface area contributed by atoms with E-state index in [0.29, 0.717) is 11.3 Å². The molecule has 3 nitrogen and oxygen atoms in total. The second-order valence-electron chi connectivity index (χ2n) is 5.22. The Kier molecular flexibility index (Phi) is 3.19. The Hall–Kier alpha value is -3.06. The normalized spacial score (nSPS) is 10.6. The molecular weight excluding hydrogens is 277 g/mol. The second-order valence-corrected chi connectivity index (χ2v) is 5.22. The molecule has 0 saturated carbocycles. The summed E-state index contributed by atoms with van der Waals surface area (Å²) < 4.78 is 14.0. The summed E-state index contributed by atoms with van der Waals surface area (Å²) in [5, 5.41) is 9.65. The molecule has 108 valence electrons. The molecule has 0 aliphatic heterocycles. The Morgan fingerprint density at radius 1 is 1.27 bits per heavy atom. The first-order valence-corrected chi connectivity index (χ1v) is 6.78. The Morgan fingerprint density at radius 2 is 1.95 bits per heavy atom. The van der Waals surface area contributed by atoms with Gasteiger partial charge in [0, 0.05) is 16.6 Å². The molecule has 3 aromatic rings. The van der Waals surface area contributed by atoms with Crippen molar-refractivity contribution in [3.05, 3.63) is 65.6 Å². The number of rotatable bonds is 2. The van der Waals surface area contributed by atoms with Crippen molar-refractivity contribution in [2.75, 3.05) is 0 Å². The number of nitriles is 1. The lowest BCUT2D eigenvalue weighted by Gasteiger charge is -2.05. The lowest BCUT2D eigenvalue weighted by molar-refractivity contribution is 0.630. The van der Waals surface area contributed by atoms with E-state index >= 15 is 0 Å². The van der Waals surface area contributed by atoms with E-state index in [9.17, 15) is 4.39 Å². The van der Waals surface area contributed by atoms with Crippen molar-refractivity contribution in [3.8, 4) is 17.2 Å². The van der Waals surface area contributed by atoms with Crippen LogP contribution in [0.25, 0.3) is 27.7 Å². The van der Waals surface area contributed by atoms with Crippen molar-refractivity contribution >= 4 is 16.6 Å². The van der Waals surface area contributed by atoms with Crippen LogP contribution in [0.15, 0.2) is 43.0 Å². The zero-order chi connectivity index (χ0) is 15.9. The standard InChI is InChI=1S/C18H14FN3/c1-10-15-7-14(19)8-16(18(15)22-17(10)11(2)21)13-5-3-12(9-20)4-6-13/h3-8,22H,2,21H2,1H3. The number of nitrogens with two attached hydrogens (primary N) is 1. The van der Waals surface area contributed by atoms with Gasteiger partial charge in [-0.1, -0.05) is 18.7 Å². The highest BCUT2D eigenvalue weighted by atomic mass is 19.1. The van der Waals surface area contributed by atoms with Crippen LogP contribution in [0.5, 0.6) is 0 Å². The van der Waals surface area contributed by atoms with E-state index in [0.717, 1.165) is 33.3 Å². The molecule has 0 amide bonds. The number of hydrogen-bond donors (Lipinski definition) is 2. The van der Waals surface area contributed by atoms with Crippen LogP contribution < -0.4 is 5.73 Å². The third kappa shape index (κ3) is 2.13. The van der Waals surface area contributed by atoms with Gasteiger partial charge in [0.2, 0.25) is 0 Å². The summed E-state index contributed by atoms with van der Waals surface area (Å²) in [4.78, 5) is 3.23. The maximum Gasteiger partial charge on any atom is 0.124 e. The van der Waals surface area contributed by atoms with E-state index in [1.54, 1.807) is 24.3 Å². The van der Waals surface area contributed by atoms with Crippen LogP contribution in [0, 0.1) is 24.1 Å². The van der Waals surface area contributed by atoms with Crippen molar-refractivity contribution in [2.24, 2.45) is 5.73 Å². The summed E-state index contributed by atoms with van der Waals surface area (Å²) in [7, 11) is 0. The van der Waals surface area contributed by atoms with Gasteiger partial charge in [0.1, 0.15) is 5.82 Å². The highest BCUT2D eigenvalue weighted by Gasteiger charge is 2.14. The van der Waals surface area contributed by atoms with Crippen molar-refractivity contribution in [2.45, 2.75) is 6.92 Å². The van der Waals surface area contributed by atoms with E-state index in [1.807, 2.05) is 6.92 Å². The van der Waals surface area contributed by atoms with Crippen LogP contribution >= 0.6 is 0 Å². The molecule has 3 N–H and O–H groups in total. The molecule has 3 rings (SSSR count). The summed E-state index contributed by atoms with van der Waals surface area (Å²) in [5.74, 6) is -0.317. The SMILES string of the molecule is C=C(N)c1[nH]c2c(-c3ccc(C#N)cc3)cc(F)cc2c1C. The first-order chi connectivity index (χ1) is 10.5. The van der Waals surface area contributed by atoms with Gasteiger partial charge in [-0.05, 0) is 42.3 Å². The zero-order valence-electron chi connectivity index (χ0n) is 12.1. The topological polar surface area (TPSA) is 65.6 Å². The third-order valence-electron chi connectivity index (χ3n) is 3.78. The van der Waals surface area contributed by atoms with E-state index in [1.165, 1.54) is 12.1 Å². The molecule has 0 aliphatic carbocycles. The van der Waals surface area contributed by atoms with Gasteiger partial charge < -0.3 is 10.7 Å². The second kappa shape index (κ2) is 5.05. The van der Waals surface area contributed by atoms with Gasteiger partial charge in [0.15, 0.2) is 0 Å². The van der Waals surface area contributed by atoms with E-state index < -0.39 is 0 Å². The predicted molar refractivity (Wildman–Crippen MR) is 86.4 cm³/mol. The van der Waals surface area contributed by atoms with Crippen molar-refractivity contribution in [3.63, 3.8) is 0 Å². The van der Waals surface area contributed by atoms with Crippen LogP contribution in [0.3, 0.4) is 0 Å². The number of aromatic nitrogens is 1. The van der Waals surface area contributed by atoms with Crippen LogP contribution in [0.2, 0.25) is 0 Å². The molecule has 0 radical (unpaired) electrons. The number of fused-ring (bicyclic) bond motifs is 1. The first-order valence-electron chi connectivity index (χ1n) is 6.78. The number of aromatic amines is 1. The lowest BCUT2D eigenvalue weighted by Crippen LogP contribution is -1.95. The number of hydrogen-bond acceptors (Lipinski definition) is 2. The Morgan fingerprint density at radius 3 is 2.55 bits per heavy atom. The van der Waals surface area contributed by atoms with Gasteiger partial charge >= 0.3 is 0 Å². The number of H-pyrrole nitrogens is 1. The van der Waals surface area contributed by atoms with E-state index in [2.05, 4.69) is 17.6 Å². The van der Waals surface area contributed by atoms with Gasteiger partial charge in [0.25, 0.3) is 0 Å².